The van der Waals surface area contributed by atoms with E-state index in [0.29, 0.717) is 6.54 Å². The van der Waals surface area contributed by atoms with Crippen LogP contribution >= 0.6 is 0 Å². The monoisotopic (exact) mass is 436 g/mol. The minimum Gasteiger partial charge on any atom is -0.459 e. The summed E-state index contributed by atoms with van der Waals surface area (Å²) in [6, 6.07) is 12.2. The van der Waals surface area contributed by atoms with E-state index < -0.39 is 29.6 Å². The molecule has 0 saturated heterocycles. The van der Waals surface area contributed by atoms with Crippen LogP contribution in [0.2, 0.25) is 0 Å². The van der Waals surface area contributed by atoms with Crippen LogP contribution < -0.4 is 22.1 Å². The molecule has 2 amide bonds. The van der Waals surface area contributed by atoms with Crippen LogP contribution in [0, 0.1) is 0 Å². The van der Waals surface area contributed by atoms with Crippen LogP contribution in [0.4, 0.5) is 0 Å². The van der Waals surface area contributed by atoms with Gasteiger partial charge in [-0.25, -0.2) is 14.3 Å². The lowest BCUT2D eigenvalue weighted by Gasteiger charge is -2.13. The van der Waals surface area contributed by atoms with Crippen LogP contribution in [0.5, 0.6) is 0 Å². The van der Waals surface area contributed by atoms with Gasteiger partial charge in [0.2, 0.25) is 0 Å². The third kappa shape index (κ3) is 3.95. The van der Waals surface area contributed by atoms with Crippen molar-refractivity contribution < 1.29 is 14.0 Å². The summed E-state index contributed by atoms with van der Waals surface area (Å²) >= 11 is 0. The normalized spacial score (nSPS) is 10.9. The predicted molar refractivity (Wildman–Crippen MR) is 114 cm³/mol. The highest BCUT2D eigenvalue weighted by molar-refractivity contribution is 5.92. The van der Waals surface area contributed by atoms with Crippen LogP contribution in [0.1, 0.15) is 23.0 Å². The lowest BCUT2D eigenvalue weighted by molar-refractivity contribution is -0.122. The zero-order chi connectivity index (χ0) is 22.7. The van der Waals surface area contributed by atoms with Gasteiger partial charge in [0, 0.05) is 6.54 Å². The van der Waals surface area contributed by atoms with Crippen molar-refractivity contribution in [2.24, 2.45) is 0 Å². The zero-order valence-electron chi connectivity index (χ0n) is 17.1. The molecule has 0 aliphatic heterocycles. The molecule has 11 nitrogen and oxygen atoms in total. The van der Waals surface area contributed by atoms with E-state index in [0.717, 1.165) is 10.1 Å². The van der Waals surface area contributed by atoms with E-state index >= 15 is 0 Å². The number of furan rings is 1. The molecule has 2 N–H and O–H groups in total. The molecule has 0 bridgehead atoms. The van der Waals surface area contributed by atoms with Crippen molar-refractivity contribution in [2.75, 3.05) is 0 Å². The summed E-state index contributed by atoms with van der Waals surface area (Å²) in [6.45, 7) is 1.89. The highest BCUT2D eigenvalue weighted by Crippen LogP contribution is 2.09. The lowest BCUT2D eigenvalue weighted by atomic mass is 10.2. The first-order valence-corrected chi connectivity index (χ1v) is 9.84. The lowest BCUT2D eigenvalue weighted by Crippen LogP contribution is -2.48. The van der Waals surface area contributed by atoms with Gasteiger partial charge < -0.3 is 8.98 Å². The smallest absolute Gasteiger partial charge is 0.333 e. The van der Waals surface area contributed by atoms with E-state index in [-0.39, 0.29) is 23.5 Å². The summed E-state index contributed by atoms with van der Waals surface area (Å²) < 4.78 is 8.74. The molecule has 164 valence electrons. The minimum atomic E-state index is -0.753. The molecule has 0 aliphatic carbocycles. The Morgan fingerprint density at radius 2 is 1.81 bits per heavy atom. The van der Waals surface area contributed by atoms with Gasteiger partial charge in [0.15, 0.2) is 16.9 Å². The van der Waals surface area contributed by atoms with Crippen molar-refractivity contribution in [3.8, 4) is 0 Å². The van der Waals surface area contributed by atoms with Gasteiger partial charge >= 0.3 is 11.6 Å². The topological polar surface area (TPSA) is 133 Å². The summed E-state index contributed by atoms with van der Waals surface area (Å²) in [6.07, 6.45) is 2.80. The standard InChI is InChI=1S/C21H20N6O5/c1-2-25-13-22-18-17(25)20(30)27(21(31)26(18)11-14-7-4-3-5-8-14)12-16(28)23-24-19(29)15-9-6-10-32-15/h3-10,13H,2,11-12H2,1H3,(H,23,28)(H,24,29). The second kappa shape index (κ2) is 8.76. The van der Waals surface area contributed by atoms with E-state index in [1.165, 1.54) is 29.3 Å². The number of imidazole rings is 1. The SMILES string of the molecule is CCn1cnc2c1c(=O)n(CC(=O)NNC(=O)c1ccco1)c(=O)n2Cc1ccccc1. The summed E-state index contributed by atoms with van der Waals surface area (Å²) in [4.78, 5) is 54.8. The number of hydrogen-bond donors (Lipinski definition) is 2. The third-order valence-corrected chi connectivity index (χ3v) is 4.87. The fourth-order valence-electron chi connectivity index (χ4n) is 3.31. The van der Waals surface area contributed by atoms with Crippen LogP contribution in [0.15, 0.2) is 69.1 Å². The first-order chi connectivity index (χ1) is 15.5. The molecule has 0 saturated carbocycles. The minimum absolute atomic E-state index is 0.000880. The number of aryl methyl sites for hydroxylation is 1. The maximum absolute atomic E-state index is 13.2. The van der Waals surface area contributed by atoms with Crippen molar-refractivity contribution in [2.45, 2.75) is 26.6 Å². The fraction of sp³-hybridized carbons (Fsp3) is 0.190. The second-order valence-electron chi connectivity index (χ2n) is 6.93. The van der Waals surface area contributed by atoms with E-state index in [1.54, 1.807) is 4.57 Å². The molecule has 11 heteroatoms. The number of aromatic nitrogens is 4. The molecule has 3 heterocycles. The fourth-order valence-corrected chi connectivity index (χ4v) is 3.31. The number of benzene rings is 1. The largest absolute Gasteiger partial charge is 0.459 e. The second-order valence-corrected chi connectivity index (χ2v) is 6.93. The maximum Gasteiger partial charge on any atom is 0.333 e. The molecule has 0 atom stereocenters. The highest BCUT2D eigenvalue weighted by Gasteiger charge is 2.20. The molecule has 0 fully saturated rings. The molecular formula is C21H20N6O5. The van der Waals surface area contributed by atoms with Crippen LogP contribution in [-0.4, -0.2) is 30.5 Å². The molecule has 3 aromatic heterocycles. The molecule has 0 spiro atoms. The van der Waals surface area contributed by atoms with E-state index in [4.69, 9.17) is 4.42 Å². The van der Waals surface area contributed by atoms with Gasteiger partial charge in [-0.05, 0) is 24.6 Å². The summed E-state index contributed by atoms with van der Waals surface area (Å²) in [5.74, 6) is -1.42. The van der Waals surface area contributed by atoms with Crippen molar-refractivity contribution in [1.82, 2.24) is 29.5 Å². The van der Waals surface area contributed by atoms with Gasteiger partial charge in [-0.15, -0.1) is 0 Å². The average molecular weight is 436 g/mol. The molecule has 4 rings (SSSR count). The van der Waals surface area contributed by atoms with Crippen LogP contribution in [-0.2, 0) is 24.4 Å². The number of carbonyl (C=O) groups excluding carboxylic acids is 2. The first-order valence-electron chi connectivity index (χ1n) is 9.84. The number of amides is 2. The van der Waals surface area contributed by atoms with Gasteiger partial charge in [-0.3, -0.25) is 29.8 Å². The Morgan fingerprint density at radius 1 is 1.03 bits per heavy atom. The van der Waals surface area contributed by atoms with Gasteiger partial charge in [0.05, 0.1) is 19.1 Å². The van der Waals surface area contributed by atoms with Gasteiger partial charge in [-0.2, -0.15) is 0 Å². The van der Waals surface area contributed by atoms with E-state index in [2.05, 4.69) is 15.8 Å². The molecule has 0 radical (unpaired) electrons. The molecule has 0 unspecified atom stereocenters. The maximum atomic E-state index is 13.2. The van der Waals surface area contributed by atoms with E-state index in [9.17, 15) is 19.2 Å². The van der Waals surface area contributed by atoms with Crippen molar-refractivity contribution in [1.29, 1.82) is 0 Å². The van der Waals surface area contributed by atoms with Gasteiger partial charge in [0.1, 0.15) is 6.54 Å². The van der Waals surface area contributed by atoms with Crippen LogP contribution in [0.25, 0.3) is 11.2 Å². The predicted octanol–water partition coefficient (Wildman–Crippen LogP) is 0.482. The quantitative estimate of drug-likeness (QED) is 0.423. The Bertz CT molecular complexity index is 1380. The zero-order valence-corrected chi connectivity index (χ0v) is 17.1. The molecule has 4 aromatic rings. The Hall–Kier alpha value is -4.41. The highest BCUT2D eigenvalue weighted by atomic mass is 16.3. The van der Waals surface area contributed by atoms with Crippen molar-refractivity contribution in [3.05, 3.63) is 87.2 Å². The molecule has 32 heavy (non-hydrogen) atoms. The van der Waals surface area contributed by atoms with E-state index in [1.807, 2.05) is 37.3 Å². The van der Waals surface area contributed by atoms with Gasteiger partial charge in [-0.1, -0.05) is 30.3 Å². The Balaban J connectivity index is 1.67. The first kappa shape index (κ1) is 20.8. The Labute approximate surface area is 180 Å². The summed E-state index contributed by atoms with van der Waals surface area (Å²) in [7, 11) is 0. The van der Waals surface area contributed by atoms with Crippen molar-refractivity contribution in [3.63, 3.8) is 0 Å². The number of carbonyl (C=O) groups is 2. The Kier molecular flexibility index (Phi) is 5.71. The number of hydrogen-bond acceptors (Lipinski definition) is 6. The number of fused-ring (bicyclic) bond motifs is 1. The Morgan fingerprint density at radius 3 is 2.50 bits per heavy atom. The molecule has 0 aliphatic rings. The molecular weight excluding hydrogens is 416 g/mol. The molecule has 1 aromatic carbocycles. The van der Waals surface area contributed by atoms with Crippen molar-refractivity contribution >= 4 is 23.0 Å². The number of rotatable bonds is 6. The number of hydrazine groups is 1. The summed E-state index contributed by atoms with van der Waals surface area (Å²) in [5, 5.41) is 0. The average Bonchev–Trinajstić information content (AvgIpc) is 3.49. The van der Waals surface area contributed by atoms with Crippen LogP contribution in [0.3, 0.4) is 0 Å². The van der Waals surface area contributed by atoms with Gasteiger partial charge in [0.25, 0.3) is 11.5 Å². The number of nitrogens with zero attached hydrogens (tertiary/aromatic N) is 4. The number of nitrogens with one attached hydrogen (secondary N) is 2. The summed E-state index contributed by atoms with van der Waals surface area (Å²) in [5.41, 5.74) is 4.34. The third-order valence-electron chi connectivity index (χ3n) is 4.87.